The lowest BCUT2D eigenvalue weighted by molar-refractivity contribution is -0.134. The van der Waals surface area contributed by atoms with E-state index in [1.54, 1.807) is 20.8 Å². The Morgan fingerprint density at radius 2 is 1.89 bits per heavy atom. The third kappa shape index (κ3) is 6.89. The Labute approximate surface area is 218 Å². The van der Waals surface area contributed by atoms with E-state index in [-0.39, 0.29) is 55.0 Å². The summed E-state index contributed by atoms with van der Waals surface area (Å²) in [5, 5.41) is 5.71. The molecule has 2 saturated heterocycles. The number of ketones is 1. The van der Waals surface area contributed by atoms with Gasteiger partial charge in [0.15, 0.2) is 5.78 Å². The molecule has 0 aromatic heterocycles. The highest BCUT2D eigenvalue weighted by Crippen LogP contribution is 2.42. The standard InChI is InChI=1S/C28H39N3O6/c1-28(2,3)37-27(35)31-15-20-10-7-11-21(20)24(31)26(34)30-22(14-19-12-13-29-25(19)33)23(32)17-36-16-18-8-5-4-6-9-18/h4-6,8-9,19-22,24H,7,10-17H2,1-3H3,(H,29,33)(H,30,34)/t19-,20-,21-,22-,24-/m0/s1. The maximum atomic E-state index is 13.7. The largest absolute Gasteiger partial charge is 0.444 e. The molecule has 2 heterocycles. The first-order valence-electron chi connectivity index (χ1n) is 13.3. The average Bonchev–Trinajstić information content (AvgIpc) is 3.54. The summed E-state index contributed by atoms with van der Waals surface area (Å²) in [6.07, 6.45) is 3.14. The van der Waals surface area contributed by atoms with Crippen LogP contribution in [0.4, 0.5) is 4.79 Å². The number of amides is 3. The van der Waals surface area contributed by atoms with E-state index in [9.17, 15) is 19.2 Å². The normalized spacial score (nSPS) is 25.9. The highest BCUT2D eigenvalue weighted by molar-refractivity contribution is 5.94. The highest BCUT2D eigenvalue weighted by atomic mass is 16.6. The molecule has 3 amide bonds. The number of carbonyl (C=O) groups excluding carboxylic acids is 4. The van der Waals surface area contributed by atoms with Crippen molar-refractivity contribution in [3.05, 3.63) is 35.9 Å². The molecule has 1 aliphatic carbocycles. The maximum absolute atomic E-state index is 13.7. The van der Waals surface area contributed by atoms with E-state index in [1.165, 1.54) is 4.90 Å². The second-order valence-electron chi connectivity index (χ2n) is 11.5. The fraction of sp³-hybridized carbons (Fsp3) is 0.643. The lowest BCUT2D eigenvalue weighted by Crippen LogP contribution is -2.54. The molecule has 3 aliphatic rings. The molecule has 37 heavy (non-hydrogen) atoms. The van der Waals surface area contributed by atoms with Crippen LogP contribution in [0, 0.1) is 17.8 Å². The van der Waals surface area contributed by atoms with Gasteiger partial charge in [-0.2, -0.15) is 0 Å². The summed E-state index contributed by atoms with van der Waals surface area (Å²) in [5.74, 6) is -0.828. The Morgan fingerprint density at radius 3 is 2.57 bits per heavy atom. The van der Waals surface area contributed by atoms with Crippen LogP contribution in [0.15, 0.2) is 30.3 Å². The minimum atomic E-state index is -0.877. The molecule has 9 nitrogen and oxygen atoms in total. The lowest BCUT2D eigenvalue weighted by atomic mass is 9.92. The van der Waals surface area contributed by atoms with Crippen molar-refractivity contribution in [3.63, 3.8) is 0 Å². The van der Waals surface area contributed by atoms with E-state index >= 15 is 0 Å². The number of benzene rings is 1. The fourth-order valence-corrected chi connectivity index (χ4v) is 5.78. The van der Waals surface area contributed by atoms with Crippen LogP contribution in [0.3, 0.4) is 0 Å². The van der Waals surface area contributed by atoms with Crippen molar-refractivity contribution < 1.29 is 28.7 Å². The Morgan fingerprint density at radius 1 is 1.14 bits per heavy atom. The van der Waals surface area contributed by atoms with Crippen LogP contribution in [0.25, 0.3) is 0 Å². The number of hydrogen-bond donors (Lipinski definition) is 2. The molecule has 202 valence electrons. The quantitative estimate of drug-likeness (QED) is 0.525. The molecule has 3 fully saturated rings. The summed E-state index contributed by atoms with van der Waals surface area (Å²) in [5.41, 5.74) is 0.262. The van der Waals surface area contributed by atoms with Crippen LogP contribution in [0.1, 0.15) is 58.4 Å². The monoisotopic (exact) mass is 513 g/mol. The predicted molar refractivity (Wildman–Crippen MR) is 136 cm³/mol. The van der Waals surface area contributed by atoms with Gasteiger partial charge in [0.25, 0.3) is 0 Å². The van der Waals surface area contributed by atoms with Crippen LogP contribution in [0.5, 0.6) is 0 Å². The number of likely N-dealkylation sites (tertiary alicyclic amines) is 1. The smallest absolute Gasteiger partial charge is 0.410 e. The Hall–Kier alpha value is -2.94. The van der Waals surface area contributed by atoms with Crippen molar-refractivity contribution >= 4 is 23.7 Å². The first kappa shape index (κ1) is 27.1. The molecule has 0 bridgehead atoms. The van der Waals surface area contributed by atoms with Crippen LogP contribution < -0.4 is 10.6 Å². The molecule has 1 aromatic rings. The molecule has 0 unspecified atom stereocenters. The second kappa shape index (κ2) is 11.6. The van der Waals surface area contributed by atoms with Gasteiger partial charge >= 0.3 is 6.09 Å². The first-order valence-corrected chi connectivity index (χ1v) is 13.3. The van der Waals surface area contributed by atoms with Gasteiger partial charge in [0.1, 0.15) is 18.2 Å². The number of hydrogen-bond acceptors (Lipinski definition) is 6. The Balaban J connectivity index is 1.46. The first-order chi connectivity index (χ1) is 17.6. The van der Waals surface area contributed by atoms with Crippen molar-refractivity contribution in [2.45, 2.75) is 77.2 Å². The van der Waals surface area contributed by atoms with Crippen molar-refractivity contribution in [2.75, 3.05) is 19.7 Å². The van der Waals surface area contributed by atoms with Gasteiger partial charge in [0.05, 0.1) is 12.6 Å². The zero-order chi connectivity index (χ0) is 26.6. The van der Waals surface area contributed by atoms with E-state index in [2.05, 4.69) is 10.6 Å². The summed E-state index contributed by atoms with van der Waals surface area (Å²) in [6.45, 7) is 6.52. The molecule has 5 atom stereocenters. The number of nitrogens with zero attached hydrogens (tertiary/aromatic N) is 1. The fourth-order valence-electron chi connectivity index (χ4n) is 5.78. The molecule has 9 heteroatoms. The number of Topliss-reactive ketones (excluding diaryl/α,β-unsaturated/α-hetero) is 1. The summed E-state index contributed by atoms with van der Waals surface area (Å²) < 4.78 is 11.3. The predicted octanol–water partition coefficient (Wildman–Crippen LogP) is 2.82. The van der Waals surface area contributed by atoms with Gasteiger partial charge in [-0.25, -0.2) is 4.79 Å². The number of rotatable bonds is 9. The van der Waals surface area contributed by atoms with E-state index in [0.717, 1.165) is 24.8 Å². The van der Waals surface area contributed by atoms with Gasteiger partial charge in [-0.15, -0.1) is 0 Å². The van der Waals surface area contributed by atoms with E-state index in [4.69, 9.17) is 9.47 Å². The molecular formula is C28H39N3O6. The second-order valence-corrected chi connectivity index (χ2v) is 11.5. The van der Waals surface area contributed by atoms with Crippen LogP contribution in [-0.4, -0.2) is 66.0 Å². The van der Waals surface area contributed by atoms with Crippen LogP contribution in [0.2, 0.25) is 0 Å². The third-order valence-corrected chi connectivity index (χ3v) is 7.53. The summed E-state index contributed by atoms with van der Waals surface area (Å²) in [4.78, 5) is 53.7. The van der Waals surface area contributed by atoms with Gasteiger partial charge in [0, 0.05) is 19.0 Å². The van der Waals surface area contributed by atoms with Gasteiger partial charge in [-0.1, -0.05) is 36.8 Å². The van der Waals surface area contributed by atoms with E-state index in [0.29, 0.717) is 19.5 Å². The van der Waals surface area contributed by atoms with Gasteiger partial charge in [-0.05, 0) is 63.9 Å². The Bertz CT molecular complexity index is 991. The minimum absolute atomic E-state index is 0.0346. The molecular weight excluding hydrogens is 474 g/mol. The molecule has 1 aromatic carbocycles. The zero-order valence-corrected chi connectivity index (χ0v) is 22.0. The summed E-state index contributed by atoms with van der Waals surface area (Å²) in [6, 6.07) is 7.96. The molecule has 0 spiro atoms. The van der Waals surface area contributed by atoms with E-state index < -0.39 is 23.8 Å². The SMILES string of the molecule is CC(C)(C)OC(=O)N1C[C@@H]2CCC[C@@H]2[C@H]1C(=O)N[C@@H](C[C@@H]1CCNC1=O)C(=O)COCc1ccccc1. The van der Waals surface area contributed by atoms with Crippen molar-refractivity contribution in [3.8, 4) is 0 Å². The molecule has 0 radical (unpaired) electrons. The van der Waals surface area contributed by atoms with E-state index in [1.807, 2.05) is 30.3 Å². The zero-order valence-electron chi connectivity index (χ0n) is 22.0. The van der Waals surface area contributed by atoms with Crippen molar-refractivity contribution in [1.29, 1.82) is 0 Å². The van der Waals surface area contributed by atoms with Crippen molar-refractivity contribution in [1.82, 2.24) is 15.5 Å². The molecule has 1 saturated carbocycles. The highest BCUT2D eigenvalue weighted by Gasteiger charge is 2.51. The van der Waals surface area contributed by atoms with Gasteiger partial charge in [-0.3, -0.25) is 19.3 Å². The van der Waals surface area contributed by atoms with Crippen LogP contribution >= 0.6 is 0 Å². The Kier molecular flexibility index (Phi) is 8.52. The molecule has 2 N–H and O–H groups in total. The lowest BCUT2D eigenvalue weighted by Gasteiger charge is -2.31. The van der Waals surface area contributed by atoms with Gasteiger partial charge in [0.2, 0.25) is 11.8 Å². The molecule has 2 aliphatic heterocycles. The topological polar surface area (TPSA) is 114 Å². The number of carbonyl (C=O) groups is 4. The summed E-state index contributed by atoms with van der Waals surface area (Å²) in [7, 11) is 0. The van der Waals surface area contributed by atoms with Gasteiger partial charge < -0.3 is 20.1 Å². The summed E-state index contributed by atoms with van der Waals surface area (Å²) >= 11 is 0. The minimum Gasteiger partial charge on any atom is -0.444 e. The van der Waals surface area contributed by atoms with Crippen LogP contribution in [-0.2, 0) is 30.5 Å². The van der Waals surface area contributed by atoms with Crippen molar-refractivity contribution in [2.24, 2.45) is 17.8 Å². The number of ether oxygens (including phenoxy) is 2. The number of nitrogens with one attached hydrogen (secondary N) is 2. The maximum Gasteiger partial charge on any atom is 0.410 e. The third-order valence-electron chi connectivity index (χ3n) is 7.53. The number of fused-ring (bicyclic) bond motifs is 1. The molecule has 4 rings (SSSR count). The average molecular weight is 514 g/mol.